The van der Waals surface area contributed by atoms with Gasteiger partial charge < -0.3 is 14.4 Å². The average molecular weight is 434 g/mol. The molecule has 0 radical (unpaired) electrons. The molecule has 0 saturated heterocycles. The highest BCUT2D eigenvalue weighted by molar-refractivity contribution is 9.10. The standard InChI is InChI=1S/C22H28BrNO3/c1-5-12-24(20-9-7-8-19(23)17(20)4)14-18-10-11-21(16(3)13-18)27-15-22(25)26-6-2/h7-11,13H,5-6,12,14-15H2,1-4H3. The lowest BCUT2D eigenvalue weighted by molar-refractivity contribution is -0.145. The van der Waals surface area contributed by atoms with Crippen LogP contribution in [0.25, 0.3) is 0 Å². The molecule has 0 aliphatic rings. The van der Waals surface area contributed by atoms with Gasteiger partial charge in [0.1, 0.15) is 5.75 Å². The maximum atomic E-state index is 11.5. The van der Waals surface area contributed by atoms with Crippen LogP contribution in [0, 0.1) is 13.8 Å². The number of rotatable bonds is 9. The number of halogens is 1. The van der Waals surface area contributed by atoms with Gasteiger partial charge in [0.15, 0.2) is 6.61 Å². The molecule has 0 bridgehead atoms. The van der Waals surface area contributed by atoms with Crippen molar-refractivity contribution in [2.75, 3.05) is 24.7 Å². The normalized spacial score (nSPS) is 10.6. The minimum absolute atomic E-state index is 0.0623. The first-order valence-corrected chi connectivity index (χ1v) is 10.1. The van der Waals surface area contributed by atoms with Gasteiger partial charge in [-0.1, -0.05) is 41.1 Å². The molecule has 0 aliphatic heterocycles. The Morgan fingerprint density at radius 3 is 2.59 bits per heavy atom. The molecular weight excluding hydrogens is 406 g/mol. The fourth-order valence-electron chi connectivity index (χ4n) is 3.02. The van der Waals surface area contributed by atoms with Crippen LogP contribution >= 0.6 is 15.9 Å². The quantitative estimate of drug-likeness (QED) is 0.494. The van der Waals surface area contributed by atoms with Crippen molar-refractivity contribution in [2.45, 2.75) is 40.7 Å². The third kappa shape index (κ3) is 5.99. The summed E-state index contributed by atoms with van der Waals surface area (Å²) in [6, 6.07) is 12.4. The molecule has 2 rings (SSSR count). The van der Waals surface area contributed by atoms with Gasteiger partial charge in [0, 0.05) is 23.2 Å². The predicted molar refractivity (Wildman–Crippen MR) is 114 cm³/mol. The van der Waals surface area contributed by atoms with E-state index in [0.717, 1.165) is 29.5 Å². The van der Waals surface area contributed by atoms with Crippen LogP contribution in [0.5, 0.6) is 5.75 Å². The molecule has 0 aliphatic carbocycles. The number of ether oxygens (including phenoxy) is 2. The summed E-state index contributed by atoms with van der Waals surface area (Å²) in [6.45, 7) is 10.2. The molecule has 27 heavy (non-hydrogen) atoms. The molecule has 0 spiro atoms. The van der Waals surface area contributed by atoms with E-state index in [4.69, 9.17) is 9.47 Å². The fourth-order valence-corrected chi connectivity index (χ4v) is 3.38. The number of hydrogen-bond donors (Lipinski definition) is 0. The van der Waals surface area contributed by atoms with Gasteiger partial charge in [-0.25, -0.2) is 4.79 Å². The molecule has 0 N–H and O–H groups in total. The SMILES string of the molecule is CCCN(Cc1ccc(OCC(=O)OCC)c(C)c1)c1cccc(Br)c1C. The Balaban J connectivity index is 2.13. The second kappa shape index (κ2) is 10.4. The van der Waals surface area contributed by atoms with E-state index >= 15 is 0 Å². The van der Waals surface area contributed by atoms with Crippen molar-refractivity contribution >= 4 is 27.6 Å². The highest BCUT2D eigenvalue weighted by atomic mass is 79.9. The third-order valence-electron chi connectivity index (χ3n) is 4.34. The Kier molecular flexibility index (Phi) is 8.17. The number of anilines is 1. The first-order valence-electron chi connectivity index (χ1n) is 9.34. The van der Waals surface area contributed by atoms with Gasteiger partial charge in [-0.05, 0) is 62.1 Å². The summed E-state index contributed by atoms with van der Waals surface area (Å²) in [5.41, 5.74) is 4.71. The zero-order valence-electron chi connectivity index (χ0n) is 16.5. The fraction of sp³-hybridized carbons (Fsp3) is 0.409. The van der Waals surface area contributed by atoms with Crippen LogP contribution in [0.4, 0.5) is 5.69 Å². The Bertz CT molecular complexity index is 776. The number of nitrogens with zero attached hydrogens (tertiary/aromatic N) is 1. The van der Waals surface area contributed by atoms with Crippen molar-refractivity contribution in [2.24, 2.45) is 0 Å². The number of esters is 1. The highest BCUT2D eigenvalue weighted by Crippen LogP contribution is 2.29. The summed E-state index contributed by atoms with van der Waals surface area (Å²) in [6.07, 6.45) is 1.08. The van der Waals surface area contributed by atoms with Gasteiger partial charge in [-0.15, -0.1) is 0 Å². The zero-order valence-corrected chi connectivity index (χ0v) is 18.1. The van der Waals surface area contributed by atoms with Gasteiger partial charge in [-0.3, -0.25) is 0 Å². The number of carbonyl (C=O) groups excluding carboxylic acids is 1. The number of aryl methyl sites for hydroxylation is 1. The first-order chi connectivity index (χ1) is 13.0. The Morgan fingerprint density at radius 1 is 1.15 bits per heavy atom. The van der Waals surface area contributed by atoms with Gasteiger partial charge in [0.25, 0.3) is 0 Å². The summed E-state index contributed by atoms with van der Waals surface area (Å²) in [4.78, 5) is 13.9. The van der Waals surface area contributed by atoms with Gasteiger partial charge >= 0.3 is 5.97 Å². The van der Waals surface area contributed by atoms with Gasteiger partial charge in [0.2, 0.25) is 0 Å². The number of carbonyl (C=O) groups is 1. The summed E-state index contributed by atoms with van der Waals surface area (Å²) >= 11 is 3.63. The molecule has 5 heteroatoms. The molecule has 0 fully saturated rings. The van der Waals surface area contributed by atoms with Gasteiger partial charge in [-0.2, -0.15) is 0 Å². The molecule has 0 aromatic heterocycles. The largest absolute Gasteiger partial charge is 0.482 e. The summed E-state index contributed by atoms with van der Waals surface area (Å²) in [5, 5.41) is 0. The molecule has 0 heterocycles. The molecule has 2 aromatic rings. The van der Waals surface area contributed by atoms with Gasteiger partial charge in [0.05, 0.1) is 6.61 Å². The van der Waals surface area contributed by atoms with Crippen molar-refractivity contribution < 1.29 is 14.3 Å². The molecule has 0 saturated carbocycles. The second-order valence-corrected chi connectivity index (χ2v) is 7.35. The third-order valence-corrected chi connectivity index (χ3v) is 5.20. The lowest BCUT2D eigenvalue weighted by Gasteiger charge is -2.27. The van der Waals surface area contributed by atoms with E-state index in [9.17, 15) is 4.79 Å². The van der Waals surface area contributed by atoms with E-state index < -0.39 is 0 Å². The molecule has 0 amide bonds. The van der Waals surface area contributed by atoms with Crippen LogP contribution in [0.1, 0.15) is 37.0 Å². The van der Waals surface area contributed by atoms with E-state index in [0.29, 0.717) is 12.4 Å². The van der Waals surface area contributed by atoms with Crippen LogP contribution in [-0.4, -0.2) is 25.7 Å². The minimum atomic E-state index is -0.347. The van der Waals surface area contributed by atoms with Crippen LogP contribution in [0.2, 0.25) is 0 Å². The van der Waals surface area contributed by atoms with Crippen LogP contribution in [0.3, 0.4) is 0 Å². The smallest absolute Gasteiger partial charge is 0.344 e. The van der Waals surface area contributed by atoms with Crippen LogP contribution in [0.15, 0.2) is 40.9 Å². The number of hydrogen-bond acceptors (Lipinski definition) is 4. The Hall–Kier alpha value is -2.01. The second-order valence-electron chi connectivity index (χ2n) is 6.50. The van der Waals surface area contributed by atoms with Crippen molar-refractivity contribution in [1.29, 1.82) is 0 Å². The summed E-state index contributed by atoms with van der Waals surface area (Å²) < 4.78 is 11.6. The Morgan fingerprint density at radius 2 is 1.93 bits per heavy atom. The molecule has 0 atom stereocenters. The molecule has 0 unspecified atom stereocenters. The maximum Gasteiger partial charge on any atom is 0.344 e. The van der Waals surface area contributed by atoms with Crippen LogP contribution in [-0.2, 0) is 16.1 Å². The maximum absolute atomic E-state index is 11.5. The zero-order chi connectivity index (χ0) is 19.8. The molecule has 2 aromatic carbocycles. The molecule has 146 valence electrons. The van der Waals surface area contributed by atoms with E-state index in [-0.39, 0.29) is 12.6 Å². The van der Waals surface area contributed by atoms with E-state index in [1.165, 1.54) is 16.8 Å². The summed E-state index contributed by atoms with van der Waals surface area (Å²) in [7, 11) is 0. The Labute approximate surface area is 170 Å². The number of benzene rings is 2. The van der Waals surface area contributed by atoms with E-state index in [1.807, 2.05) is 13.0 Å². The minimum Gasteiger partial charge on any atom is -0.482 e. The van der Waals surface area contributed by atoms with E-state index in [2.05, 4.69) is 65.0 Å². The monoisotopic (exact) mass is 433 g/mol. The molecule has 4 nitrogen and oxygen atoms in total. The van der Waals surface area contributed by atoms with Crippen molar-refractivity contribution in [3.8, 4) is 5.75 Å². The van der Waals surface area contributed by atoms with E-state index in [1.54, 1.807) is 6.92 Å². The van der Waals surface area contributed by atoms with Crippen LogP contribution < -0.4 is 9.64 Å². The summed E-state index contributed by atoms with van der Waals surface area (Å²) in [5.74, 6) is 0.368. The van der Waals surface area contributed by atoms with Crippen molar-refractivity contribution in [3.63, 3.8) is 0 Å². The first kappa shape index (κ1) is 21.3. The highest BCUT2D eigenvalue weighted by Gasteiger charge is 2.12. The lowest BCUT2D eigenvalue weighted by atomic mass is 10.1. The molecular formula is C22H28BrNO3. The average Bonchev–Trinajstić information content (AvgIpc) is 2.63. The lowest BCUT2D eigenvalue weighted by Crippen LogP contribution is -2.24. The topological polar surface area (TPSA) is 38.8 Å². The van der Waals surface area contributed by atoms with Crippen molar-refractivity contribution in [3.05, 3.63) is 57.6 Å². The predicted octanol–water partition coefficient (Wildman–Crippen LogP) is 5.42. The van der Waals surface area contributed by atoms with Crippen molar-refractivity contribution in [1.82, 2.24) is 0 Å².